The van der Waals surface area contributed by atoms with Crippen LogP contribution >= 0.6 is 0 Å². The van der Waals surface area contributed by atoms with Crippen LogP contribution in [0.4, 0.5) is 12.9 Å². The molecule has 0 radical (unpaired) electrons. The maximum absolute atomic E-state index is 11.8. The molecular formula is C5H10BF3K-. The van der Waals surface area contributed by atoms with Crippen molar-refractivity contribution < 1.29 is 65.8 Å². The maximum atomic E-state index is 11.8. The first kappa shape index (κ1) is 11.5. The van der Waals surface area contributed by atoms with Gasteiger partial charge in [-0.25, -0.2) is 0 Å². The zero-order valence-corrected chi connectivity index (χ0v) is 9.24. The predicted molar refractivity (Wildman–Crippen MR) is 32.4 cm³/mol. The van der Waals surface area contributed by atoms with Crippen molar-refractivity contribution in [3.8, 4) is 0 Å². The van der Waals surface area contributed by atoms with Gasteiger partial charge in [0.05, 0.1) is 0 Å². The van der Waals surface area contributed by atoms with Gasteiger partial charge >= 0.3 is 58.4 Å². The molecule has 0 aromatic carbocycles. The van der Waals surface area contributed by atoms with Gasteiger partial charge in [0.1, 0.15) is 0 Å². The summed E-state index contributed by atoms with van der Waals surface area (Å²) in [6.07, 6.45) is 2.30. The summed E-state index contributed by atoms with van der Waals surface area (Å²) < 4.78 is 35.5. The first-order chi connectivity index (χ1) is 4.11. The van der Waals surface area contributed by atoms with E-state index in [1.807, 2.05) is 0 Å². The SMILES string of the molecule is F[B-](F)(F)C1CCCC1.[H-].[K+]. The van der Waals surface area contributed by atoms with Gasteiger partial charge in [0.2, 0.25) is 0 Å². The second-order valence-electron chi connectivity index (χ2n) is 2.67. The molecular weight excluding hydrogens is 167 g/mol. The normalized spacial score (nSPS) is 20.7. The Morgan fingerprint density at radius 2 is 1.50 bits per heavy atom. The van der Waals surface area contributed by atoms with Crippen LogP contribution in [-0.4, -0.2) is 6.98 Å². The molecule has 0 aliphatic heterocycles. The van der Waals surface area contributed by atoms with Crippen LogP contribution in [0.15, 0.2) is 0 Å². The van der Waals surface area contributed by atoms with E-state index in [1.165, 1.54) is 0 Å². The van der Waals surface area contributed by atoms with Crippen molar-refractivity contribution in [1.29, 1.82) is 0 Å². The Morgan fingerprint density at radius 3 is 1.70 bits per heavy atom. The molecule has 0 aromatic rings. The molecule has 1 fully saturated rings. The third kappa shape index (κ3) is 3.26. The zero-order valence-electron chi connectivity index (χ0n) is 7.12. The van der Waals surface area contributed by atoms with Gasteiger partial charge in [-0.05, 0) is 0 Å². The van der Waals surface area contributed by atoms with Crippen molar-refractivity contribution in [3.05, 3.63) is 0 Å². The van der Waals surface area contributed by atoms with Crippen molar-refractivity contribution in [2.75, 3.05) is 0 Å². The number of halogens is 3. The van der Waals surface area contributed by atoms with Gasteiger partial charge in [0, 0.05) is 0 Å². The second kappa shape index (κ2) is 4.50. The fourth-order valence-electron chi connectivity index (χ4n) is 1.34. The van der Waals surface area contributed by atoms with Crippen LogP contribution in [0.3, 0.4) is 0 Å². The standard InChI is InChI=1S/C5H9BF3.K.H/c7-6(8,9)5-3-1-2-4-5;;/h5H,1-4H2;;/q-1;+1;-1. The van der Waals surface area contributed by atoms with Gasteiger partial charge in [-0.15, -0.1) is 0 Å². The molecule has 0 unspecified atom stereocenters. The van der Waals surface area contributed by atoms with Crippen LogP contribution in [0.5, 0.6) is 0 Å². The average Bonchev–Trinajstić information content (AvgIpc) is 2.08. The summed E-state index contributed by atoms with van der Waals surface area (Å²) in [4.78, 5) is 0. The van der Waals surface area contributed by atoms with Crippen LogP contribution < -0.4 is 51.4 Å². The quantitative estimate of drug-likeness (QED) is 0.490. The largest absolute Gasteiger partial charge is 1.00 e. The number of rotatable bonds is 1. The van der Waals surface area contributed by atoms with Gasteiger partial charge < -0.3 is 14.4 Å². The Balaban J connectivity index is 0. The molecule has 0 spiro atoms. The van der Waals surface area contributed by atoms with Gasteiger partial charge in [-0.3, -0.25) is 0 Å². The Labute approximate surface area is 103 Å². The average molecular weight is 177 g/mol. The third-order valence-corrected chi connectivity index (χ3v) is 1.93. The number of hydrogen-bond acceptors (Lipinski definition) is 0. The van der Waals surface area contributed by atoms with Crippen molar-refractivity contribution in [2.45, 2.75) is 31.5 Å². The summed E-state index contributed by atoms with van der Waals surface area (Å²) in [7, 11) is 0. The molecule has 1 saturated carbocycles. The molecule has 0 bridgehead atoms. The summed E-state index contributed by atoms with van der Waals surface area (Å²) in [5.74, 6) is -0.926. The Bertz CT molecular complexity index is 102. The molecule has 0 atom stereocenters. The Hall–Kier alpha value is 1.49. The van der Waals surface area contributed by atoms with E-state index < -0.39 is 12.8 Å². The minimum absolute atomic E-state index is 0. The topological polar surface area (TPSA) is 0 Å². The maximum Gasteiger partial charge on any atom is 1.00 e. The smallest absolute Gasteiger partial charge is 1.00 e. The summed E-state index contributed by atoms with van der Waals surface area (Å²) in [5.41, 5.74) is 0. The molecule has 1 rings (SSSR count). The van der Waals surface area contributed by atoms with Crippen molar-refractivity contribution in [1.82, 2.24) is 0 Å². The third-order valence-electron chi connectivity index (χ3n) is 1.93. The van der Waals surface area contributed by atoms with Crippen LogP contribution in [0.25, 0.3) is 0 Å². The zero-order chi connectivity index (χ0) is 6.91. The van der Waals surface area contributed by atoms with E-state index in [0.29, 0.717) is 12.8 Å². The fourth-order valence-corrected chi connectivity index (χ4v) is 1.34. The first-order valence-electron chi connectivity index (χ1n) is 3.30. The van der Waals surface area contributed by atoms with Gasteiger partial charge in [0.15, 0.2) is 0 Å². The molecule has 0 saturated heterocycles. The molecule has 0 nitrogen and oxygen atoms in total. The molecule has 0 heterocycles. The molecule has 56 valence electrons. The van der Waals surface area contributed by atoms with Crippen LogP contribution in [-0.2, 0) is 0 Å². The van der Waals surface area contributed by atoms with Crippen LogP contribution in [0.1, 0.15) is 27.1 Å². The van der Waals surface area contributed by atoms with Crippen LogP contribution in [0.2, 0.25) is 5.82 Å². The summed E-state index contributed by atoms with van der Waals surface area (Å²) >= 11 is 0. The van der Waals surface area contributed by atoms with E-state index in [1.54, 1.807) is 0 Å². The summed E-state index contributed by atoms with van der Waals surface area (Å²) in [6.45, 7) is -4.51. The molecule has 0 amide bonds. The molecule has 1 aliphatic carbocycles. The van der Waals surface area contributed by atoms with E-state index >= 15 is 0 Å². The van der Waals surface area contributed by atoms with Crippen molar-refractivity contribution >= 4 is 6.98 Å². The molecule has 0 aromatic heterocycles. The monoisotopic (exact) mass is 177 g/mol. The Morgan fingerprint density at radius 1 is 1.10 bits per heavy atom. The van der Waals surface area contributed by atoms with E-state index in [4.69, 9.17) is 0 Å². The van der Waals surface area contributed by atoms with Gasteiger partial charge in [0.25, 0.3) is 0 Å². The van der Waals surface area contributed by atoms with E-state index in [0.717, 1.165) is 12.8 Å². The predicted octanol–water partition coefficient (Wildman–Crippen LogP) is -0.106. The van der Waals surface area contributed by atoms with E-state index in [9.17, 15) is 12.9 Å². The minimum Gasteiger partial charge on any atom is -1.00 e. The molecule has 1 aliphatic rings. The first-order valence-corrected chi connectivity index (χ1v) is 3.30. The van der Waals surface area contributed by atoms with Crippen molar-refractivity contribution in [2.24, 2.45) is 0 Å². The van der Waals surface area contributed by atoms with Gasteiger partial charge in [-0.1, -0.05) is 31.5 Å². The van der Waals surface area contributed by atoms with Gasteiger partial charge in [-0.2, -0.15) is 0 Å². The molecule has 0 N–H and O–H groups in total. The second-order valence-corrected chi connectivity index (χ2v) is 2.67. The minimum atomic E-state index is -4.51. The fraction of sp³-hybridized carbons (Fsp3) is 1.00. The molecule has 10 heavy (non-hydrogen) atoms. The molecule has 5 heteroatoms. The van der Waals surface area contributed by atoms with Crippen LogP contribution in [0, 0.1) is 0 Å². The van der Waals surface area contributed by atoms with E-state index in [-0.39, 0.29) is 52.8 Å². The van der Waals surface area contributed by atoms with Crippen molar-refractivity contribution in [3.63, 3.8) is 0 Å². The van der Waals surface area contributed by atoms with E-state index in [2.05, 4.69) is 0 Å². The summed E-state index contributed by atoms with van der Waals surface area (Å²) in [6, 6.07) is 0. The summed E-state index contributed by atoms with van der Waals surface area (Å²) in [5, 5.41) is 0. The number of hydrogen-bond donors (Lipinski definition) is 0. The Kier molecular flexibility index (Phi) is 5.17.